The van der Waals surface area contributed by atoms with Crippen molar-refractivity contribution in [3.63, 3.8) is 0 Å². The monoisotopic (exact) mass is 366 g/mol. The zero-order valence-electron chi connectivity index (χ0n) is 14.8. The topological polar surface area (TPSA) is 55.1 Å². The number of aliphatic hydroxyl groups is 1. The number of nitrogens with zero attached hydrogens (tertiary/aromatic N) is 2. The average Bonchev–Trinajstić information content (AvgIpc) is 3.07. The van der Waals surface area contributed by atoms with E-state index in [4.69, 9.17) is 0 Å². The largest absolute Gasteiger partial charge is 0.390 e. The van der Waals surface area contributed by atoms with Crippen molar-refractivity contribution in [3.05, 3.63) is 83.2 Å². The highest BCUT2D eigenvalue weighted by atomic mass is 32.2. The molecule has 0 aliphatic rings. The van der Waals surface area contributed by atoms with Crippen LogP contribution in [0.2, 0.25) is 0 Å². The Hall–Kier alpha value is -2.37. The zero-order chi connectivity index (χ0) is 18.4. The summed E-state index contributed by atoms with van der Waals surface area (Å²) < 4.78 is 2.00. The number of ketones is 1. The van der Waals surface area contributed by atoms with Gasteiger partial charge >= 0.3 is 0 Å². The molecule has 0 saturated carbocycles. The third-order valence-electron chi connectivity index (χ3n) is 4.24. The summed E-state index contributed by atoms with van der Waals surface area (Å²) >= 11 is 1.42. The first kappa shape index (κ1) is 18.4. The fourth-order valence-electron chi connectivity index (χ4n) is 2.71. The standard InChI is InChI=1S/C21H22N2O2S/c1-16-7-9-18(10-8-16)20(25)15-26-21-22-13-19(14-24)23(21)12-11-17-5-3-2-4-6-17/h2-10,13,24H,11-12,14-15H2,1H3. The lowest BCUT2D eigenvalue weighted by molar-refractivity contribution is 0.102. The van der Waals surface area contributed by atoms with Crippen LogP contribution in [0.4, 0.5) is 0 Å². The van der Waals surface area contributed by atoms with Crippen LogP contribution < -0.4 is 0 Å². The van der Waals surface area contributed by atoms with Crippen LogP contribution in [0.5, 0.6) is 0 Å². The molecule has 0 radical (unpaired) electrons. The number of carbonyl (C=O) groups is 1. The number of imidazole rings is 1. The van der Waals surface area contributed by atoms with Crippen molar-refractivity contribution < 1.29 is 9.90 Å². The van der Waals surface area contributed by atoms with E-state index in [1.54, 1.807) is 6.20 Å². The maximum Gasteiger partial charge on any atom is 0.173 e. The van der Waals surface area contributed by atoms with Gasteiger partial charge in [-0.2, -0.15) is 0 Å². The van der Waals surface area contributed by atoms with Crippen molar-refractivity contribution in [3.8, 4) is 0 Å². The van der Waals surface area contributed by atoms with Gasteiger partial charge in [-0.3, -0.25) is 4.79 Å². The highest BCUT2D eigenvalue weighted by Crippen LogP contribution is 2.21. The zero-order valence-corrected chi connectivity index (χ0v) is 15.6. The fraction of sp³-hybridized carbons (Fsp3) is 0.238. The summed E-state index contributed by atoms with van der Waals surface area (Å²) in [6.45, 7) is 2.66. The Morgan fingerprint density at radius 2 is 1.85 bits per heavy atom. The average molecular weight is 366 g/mol. The predicted molar refractivity (Wildman–Crippen MR) is 105 cm³/mol. The molecule has 134 valence electrons. The minimum Gasteiger partial charge on any atom is -0.390 e. The van der Waals surface area contributed by atoms with E-state index in [1.807, 2.05) is 54.0 Å². The van der Waals surface area contributed by atoms with Gasteiger partial charge in [-0.25, -0.2) is 4.98 Å². The van der Waals surface area contributed by atoms with Crippen molar-refractivity contribution in [2.24, 2.45) is 0 Å². The van der Waals surface area contributed by atoms with Gasteiger partial charge in [0.2, 0.25) is 0 Å². The third-order valence-corrected chi connectivity index (χ3v) is 5.23. The van der Waals surface area contributed by atoms with Gasteiger partial charge in [0.15, 0.2) is 10.9 Å². The Labute approximate surface area is 157 Å². The number of carbonyl (C=O) groups excluding carboxylic acids is 1. The first-order chi connectivity index (χ1) is 12.7. The number of aryl methyl sites for hydroxylation is 2. The Morgan fingerprint density at radius 1 is 1.12 bits per heavy atom. The fourth-order valence-corrected chi connectivity index (χ4v) is 3.63. The quantitative estimate of drug-likeness (QED) is 0.485. The van der Waals surface area contributed by atoms with E-state index in [0.717, 1.165) is 29.4 Å². The number of benzene rings is 2. The molecule has 4 nitrogen and oxygen atoms in total. The number of aromatic nitrogens is 2. The number of hydrogen-bond acceptors (Lipinski definition) is 4. The summed E-state index contributed by atoms with van der Waals surface area (Å²) in [5, 5.41) is 10.3. The lowest BCUT2D eigenvalue weighted by Crippen LogP contribution is -2.09. The van der Waals surface area contributed by atoms with Gasteiger partial charge < -0.3 is 9.67 Å². The van der Waals surface area contributed by atoms with Gasteiger partial charge in [0, 0.05) is 12.1 Å². The van der Waals surface area contributed by atoms with E-state index >= 15 is 0 Å². The molecule has 0 unspecified atom stereocenters. The summed E-state index contributed by atoms with van der Waals surface area (Å²) in [5.74, 6) is 0.411. The smallest absolute Gasteiger partial charge is 0.173 e. The molecule has 0 aliphatic carbocycles. The van der Waals surface area contributed by atoms with Gasteiger partial charge in [0.1, 0.15) is 0 Å². The highest BCUT2D eigenvalue weighted by molar-refractivity contribution is 7.99. The second kappa shape index (κ2) is 8.83. The van der Waals surface area contributed by atoms with E-state index in [9.17, 15) is 9.90 Å². The van der Waals surface area contributed by atoms with Gasteiger partial charge in [0.05, 0.1) is 24.3 Å². The summed E-state index contributed by atoms with van der Waals surface area (Å²) in [6.07, 6.45) is 2.54. The molecule has 26 heavy (non-hydrogen) atoms. The molecule has 3 rings (SSSR count). The summed E-state index contributed by atoms with van der Waals surface area (Å²) in [5.41, 5.74) is 3.86. The molecule has 1 N–H and O–H groups in total. The molecule has 1 aromatic heterocycles. The molecular weight excluding hydrogens is 344 g/mol. The molecule has 0 aliphatic heterocycles. The van der Waals surface area contributed by atoms with Crippen LogP contribution in [0.1, 0.15) is 27.2 Å². The molecule has 0 amide bonds. The summed E-state index contributed by atoms with van der Waals surface area (Å²) in [4.78, 5) is 16.8. The van der Waals surface area contributed by atoms with Crippen molar-refractivity contribution in [2.45, 2.75) is 31.7 Å². The number of rotatable bonds is 8. The molecule has 0 fully saturated rings. The highest BCUT2D eigenvalue weighted by Gasteiger charge is 2.13. The number of Topliss-reactive ketones (excluding diaryl/α,β-unsaturated/α-hetero) is 1. The second-order valence-corrected chi connectivity index (χ2v) is 7.10. The minimum absolute atomic E-state index is 0.0613. The van der Waals surface area contributed by atoms with Crippen LogP contribution in [-0.4, -0.2) is 26.2 Å². The van der Waals surface area contributed by atoms with Gasteiger partial charge in [-0.1, -0.05) is 71.9 Å². The number of aliphatic hydroxyl groups excluding tert-OH is 1. The van der Waals surface area contributed by atoms with Gasteiger partial charge in [0.25, 0.3) is 0 Å². The summed E-state index contributed by atoms with van der Waals surface area (Å²) in [6, 6.07) is 17.8. The number of hydrogen-bond donors (Lipinski definition) is 1. The molecular formula is C21H22N2O2S. The molecule has 0 saturated heterocycles. The van der Waals surface area contributed by atoms with Crippen LogP contribution in [0.15, 0.2) is 66.0 Å². The Kier molecular flexibility index (Phi) is 6.26. The van der Waals surface area contributed by atoms with Crippen LogP contribution in [-0.2, 0) is 19.6 Å². The molecule has 0 atom stereocenters. The maximum absolute atomic E-state index is 12.4. The predicted octanol–water partition coefficient (Wildman–Crippen LogP) is 3.90. The molecule has 0 spiro atoms. The maximum atomic E-state index is 12.4. The van der Waals surface area contributed by atoms with Crippen molar-refractivity contribution in [1.82, 2.24) is 9.55 Å². The molecule has 1 heterocycles. The van der Waals surface area contributed by atoms with Gasteiger partial charge in [-0.15, -0.1) is 0 Å². The Balaban J connectivity index is 1.66. The second-order valence-electron chi connectivity index (χ2n) is 6.16. The third kappa shape index (κ3) is 4.62. The lowest BCUT2D eigenvalue weighted by atomic mass is 10.1. The van der Waals surface area contributed by atoms with Crippen molar-refractivity contribution >= 4 is 17.5 Å². The Morgan fingerprint density at radius 3 is 2.54 bits per heavy atom. The molecule has 2 aromatic carbocycles. The van der Waals surface area contributed by atoms with E-state index in [1.165, 1.54) is 17.3 Å². The SMILES string of the molecule is Cc1ccc(C(=O)CSc2ncc(CO)n2CCc2ccccc2)cc1. The first-order valence-corrected chi connectivity index (χ1v) is 9.58. The summed E-state index contributed by atoms with van der Waals surface area (Å²) in [7, 11) is 0. The number of thioether (sulfide) groups is 1. The van der Waals surface area contributed by atoms with Crippen molar-refractivity contribution in [1.29, 1.82) is 0 Å². The first-order valence-electron chi connectivity index (χ1n) is 8.59. The van der Waals surface area contributed by atoms with Crippen LogP contribution in [0.25, 0.3) is 0 Å². The molecule has 0 bridgehead atoms. The van der Waals surface area contributed by atoms with Crippen LogP contribution in [0, 0.1) is 6.92 Å². The van der Waals surface area contributed by atoms with E-state index in [2.05, 4.69) is 17.1 Å². The van der Waals surface area contributed by atoms with Crippen LogP contribution >= 0.6 is 11.8 Å². The molecule has 3 aromatic rings. The van der Waals surface area contributed by atoms with E-state index in [0.29, 0.717) is 11.3 Å². The van der Waals surface area contributed by atoms with E-state index in [-0.39, 0.29) is 12.4 Å². The minimum atomic E-state index is -0.0613. The molecule has 5 heteroatoms. The van der Waals surface area contributed by atoms with E-state index < -0.39 is 0 Å². The lowest BCUT2D eigenvalue weighted by Gasteiger charge is -2.10. The normalized spacial score (nSPS) is 10.8. The Bertz CT molecular complexity index is 857. The van der Waals surface area contributed by atoms with Gasteiger partial charge in [-0.05, 0) is 18.9 Å². The van der Waals surface area contributed by atoms with Crippen molar-refractivity contribution in [2.75, 3.05) is 5.75 Å². The van der Waals surface area contributed by atoms with Crippen LogP contribution in [0.3, 0.4) is 0 Å².